The molecule has 12 heavy (non-hydrogen) atoms. The monoisotopic (exact) mass is 179 g/mol. The zero-order chi connectivity index (χ0) is 8.39. The predicted octanol–water partition coefficient (Wildman–Crippen LogP) is 1.50. The molecule has 0 fully saturated rings. The van der Waals surface area contributed by atoms with Crippen LogP contribution in [-0.2, 0) is 6.54 Å². The van der Waals surface area contributed by atoms with Gasteiger partial charge in [0.15, 0.2) is 0 Å². The quantitative estimate of drug-likeness (QED) is 0.611. The SMILES string of the molecule is SNCc1nc2ccccc2[nH]1. The summed E-state index contributed by atoms with van der Waals surface area (Å²) < 4.78 is 2.75. The molecule has 3 nitrogen and oxygen atoms in total. The molecule has 0 saturated heterocycles. The third kappa shape index (κ3) is 1.31. The van der Waals surface area contributed by atoms with Crippen LogP contribution >= 0.6 is 12.8 Å². The highest BCUT2D eigenvalue weighted by atomic mass is 32.1. The Labute approximate surface area is 75.7 Å². The van der Waals surface area contributed by atoms with Gasteiger partial charge in [-0.1, -0.05) is 24.9 Å². The Bertz CT molecular complexity index is 349. The number of fused-ring (bicyclic) bond motifs is 1. The van der Waals surface area contributed by atoms with Gasteiger partial charge in [0, 0.05) is 0 Å². The molecule has 0 spiro atoms. The maximum absolute atomic E-state index is 4.34. The number of nitrogens with one attached hydrogen (secondary N) is 2. The molecule has 0 unspecified atom stereocenters. The highest BCUT2D eigenvalue weighted by Gasteiger charge is 1.98. The average Bonchev–Trinajstić information content (AvgIpc) is 2.47. The fraction of sp³-hybridized carbons (Fsp3) is 0.125. The molecule has 1 heterocycles. The minimum atomic E-state index is 0.651. The Balaban J connectivity index is 2.47. The number of hydrogen-bond donors (Lipinski definition) is 3. The molecule has 2 rings (SSSR count). The van der Waals surface area contributed by atoms with Gasteiger partial charge in [-0.3, -0.25) is 4.72 Å². The normalized spacial score (nSPS) is 10.8. The zero-order valence-electron chi connectivity index (χ0n) is 6.41. The van der Waals surface area contributed by atoms with Gasteiger partial charge in [-0.05, 0) is 12.1 Å². The lowest BCUT2D eigenvalue weighted by molar-refractivity contribution is 0.901. The van der Waals surface area contributed by atoms with E-state index in [1.54, 1.807) is 0 Å². The third-order valence-electron chi connectivity index (χ3n) is 1.68. The number of imidazole rings is 1. The number of thiol groups is 1. The van der Waals surface area contributed by atoms with Crippen molar-refractivity contribution in [2.45, 2.75) is 6.54 Å². The van der Waals surface area contributed by atoms with E-state index in [2.05, 4.69) is 27.5 Å². The lowest BCUT2D eigenvalue weighted by atomic mass is 10.3. The number of aromatic amines is 1. The van der Waals surface area contributed by atoms with Crippen molar-refractivity contribution in [2.75, 3.05) is 0 Å². The van der Waals surface area contributed by atoms with Crippen LogP contribution < -0.4 is 4.72 Å². The van der Waals surface area contributed by atoms with Gasteiger partial charge in [-0.15, -0.1) is 0 Å². The molecule has 0 amide bonds. The van der Waals surface area contributed by atoms with E-state index in [4.69, 9.17) is 0 Å². The summed E-state index contributed by atoms with van der Waals surface area (Å²) in [7, 11) is 0. The van der Waals surface area contributed by atoms with Crippen molar-refractivity contribution in [3.05, 3.63) is 30.1 Å². The van der Waals surface area contributed by atoms with Crippen molar-refractivity contribution < 1.29 is 0 Å². The first-order chi connectivity index (χ1) is 5.90. The maximum atomic E-state index is 4.34. The molecule has 0 saturated carbocycles. The van der Waals surface area contributed by atoms with Crippen LogP contribution in [0.3, 0.4) is 0 Å². The van der Waals surface area contributed by atoms with Crippen molar-refractivity contribution in [2.24, 2.45) is 0 Å². The minimum absolute atomic E-state index is 0.651. The lowest BCUT2D eigenvalue weighted by Crippen LogP contribution is -1.99. The first kappa shape index (κ1) is 7.64. The second-order valence-electron chi connectivity index (χ2n) is 2.54. The van der Waals surface area contributed by atoms with Crippen LogP contribution in [-0.4, -0.2) is 9.97 Å². The maximum Gasteiger partial charge on any atom is 0.122 e. The van der Waals surface area contributed by atoms with E-state index in [1.807, 2.05) is 24.3 Å². The van der Waals surface area contributed by atoms with E-state index >= 15 is 0 Å². The molecular formula is C8H9N3S. The number of hydrogen-bond acceptors (Lipinski definition) is 3. The van der Waals surface area contributed by atoms with E-state index in [1.165, 1.54) is 0 Å². The van der Waals surface area contributed by atoms with Gasteiger partial charge >= 0.3 is 0 Å². The highest BCUT2D eigenvalue weighted by Crippen LogP contribution is 2.09. The van der Waals surface area contributed by atoms with Gasteiger partial charge in [0.05, 0.1) is 17.6 Å². The Morgan fingerprint density at radius 3 is 3.00 bits per heavy atom. The van der Waals surface area contributed by atoms with E-state index < -0.39 is 0 Å². The number of aromatic nitrogens is 2. The molecule has 0 aliphatic heterocycles. The molecule has 0 bridgehead atoms. The van der Waals surface area contributed by atoms with Crippen molar-refractivity contribution in [1.82, 2.24) is 14.7 Å². The van der Waals surface area contributed by atoms with Gasteiger partial charge in [-0.25, -0.2) is 4.98 Å². The summed E-state index contributed by atoms with van der Waals surface area (Å²) in [6.07, 6.45) is 0. The molecule has 0 radical (unpaired) electrons. The Kier molecular flexibility index (Phi) is 2.01. The fourth-order valence-electron chi connectivity index (χ4n) is 1.16. The van der Waals surface area contributed by atoms with Crippen LogP contribution in [0.4, 0.5) is 0 Å². The van der Waals surface area contributed by atoms with Crippen molar-refractivity contribution in [3.8, 4) is 0 Å². The molecule has 0 aliphatic rings. The first-order valence-corrected chi connectivity index (χ1v) is 4.15. The van der Waals surface area contributed by atoms with Gasteiger partial charge in [0.25, 0.3) is 0 Å². The number of para-hydroxylation sites is 2. The van der Waals surface area contributed by atoms with Crippen LogP contribution in [0.25, 0.3) is 11.0 Å². The molecule has 4 heteroatoms. The van der Waals surface area contributed by atoms with E-state index in [-0.39, 0.29) is 0 Å². The number of nitrogens with zero attached hydrogens (tertiary/aromatic N) is 1. The fourth-order valence-corrected chi connectivity index (χ4v) is 1.31. The summed E-state index contributed by atoms with van der Waals surface area (Å²) in [4.78, 5) is 7.51. The zero-order valence-corrected chi connectivity index (χ0v) is 7.31. The largest absolute Gasteiger partial charge is 0.341 e. The van der Waals surface area contributed by atoms with Crippen LogP contribution in [0, 0.1) is 0 Å². The van der Waals surface area contributed by atoms with Crippen LogP contribution in [0.1, 0.15) is 5.82 Å². The topological polar surface area (TPSA) is 40.7 Å². The second kappa shape index (κ2) is 3.16. The summed E-state index contributed by atoms with van der Waals surface area (Å²) in [5.74, 6) is 0.909. The lowest BCUT2D eigenvalue weighted by Gasteiger charge is -1.88. The average molecular weight is 179 g/mol. The van der Waals surface area contributed by atoms with E-state index in [0.717, 1.165) is 16.9 Å². The van der Waals surface area contributed by atoms with Crippen LogP contribution in [0.15, 0.2) is 24.3 Å². The van der Waals surface area contributed by atoms with Crippen molar-refractivity contribution >= 4 is 23.8 Å². The van der Waals surface area contributed by atoms with Crippen LogP contribution in [0.5, 0.6) is 0 Å². The molecular weight excluding hydrogens is 170 g/mol. The molecule has 2 aromatic rings. The van der Waals surface area contributed by atoms with E-state index in [0.29, 0.717) is 6.54 Å². The number of benzene rings is 1. The highest BCUT2D eigenvalue weighted by molar-refractivity contribution is 7.78. The molecule has 1 aromatic heterocycles. The molecule has 0 atom stereocenters. The first-order valence-electron chi connectivity index (χ1n) is 3.71. The summed E-state index contributed by atoms with van der Waals surface area (Å²) >= 11 is 3.90. The summed E-state index contributed by atoms with van der Waals surface area (Å²) in [5.41, 5.74) is 2.06. The number of H-pyrrole nitrogens is 1. The summed E-state index contributed by atoms with van der Waals surface area (Å²) in [6.45, 7) is 0.651. The van der Waals surface area contributed by atoms with Gasteiger partial charge in [-0.2, -0.15) is 0 Å². The minimum Gasteiger partial charge on any atom is -0.341 e. The molecule has 62 valence electrons. The summed E-state index contributed by atoms with van der Waals surface area (Å²) in [5, 5.41) is 0. The Morgan fingerprint density at radius 2 is 2.25 bits per heavy atom. The Hall–Kier alpha value is -1.00. The van der Waals surface area contributed by atoms with Crippen molar-refractivity contribution in [1.29, 1.82) is 0 Å². The van der Waals surface area contributed by atoms with Gasteiger partial charge in [0.2, 0.25) is 0 Å². The van der Waals surface area contributed by atoms with Crippen molar-refractivity contribution in [3.63, 3.8) is 0 Å². The predicted molar refractivity (Wildman–Crippen MR) is 51.9 cm³/mol. The standard InChI is InChI=1S/C8H9N3S/c12-9-5-8-10-6-3-1-2-4-7(6)11-8/h1-4,9,12H,5H2,(H,10,11). The number of rotatable bonds is 2. The van der Waals surface area contributed by atoms with Gasteiger partial charge < -0.3 is 4.98 Å². The molecule has 0 aliphatic carbocycles. The second-order valence-corrected chi connectivity index (χ2v) is 2.85. The molecule has 1 aromatic carbocycles. The summed E-state index contributed by atoms with van der Waals surface area (Å²) in [6, 6.07) is 7.94. The van der Waals surface area contributed by atoms with Gasteiger partial charge in [0.1, 0.15) is 5.82 Å². The van der Waals surface area contributed by atoms with Crippen LogP contribution in [0.2, 0.25) is 0 Å². The third-order valence-corrected chi connectivity index (χ3v) is 1.84. The smallest absolute Gasteiger partial charge is 0.122 e. The van der Waals surface area contributed by atoms with E-state index in [9.17, 15) is 0 Å². The molecule has 2 N–H and O–H groups in total. The Morgan fingerprint density at radius 1 is 1.42 bits per heavy atom.